The molecule has 2 rings (SSSR count). The standard InChI is InChI=1S/C13H22N6/c1-19-13(16-17-18-19)11-5-7-12(8-6-11)15-10-4-2-3-9-14/h5-8,15,17-18H,2-4,9-10,14H2,1H3. The molecule has 5 N–H and O–H groups in total. The molecule has 1 aliphatic rings. The first-order valence-corrected chi connectivity index (χ1v) is 6.67. The van der Waals surface area contributed by atoms with Gasteiger partial charge in [-0.05, 0) is 43.7 Å². The van der Waals surface area contributed by atoms with Gasteiger partial charge >= 0.3 is 0 Å². The fraction of sp³-hybridized carbons (Fsp3) is 0.462. The number of benzene rings is 1. The zero-order chi connectivity index (χ0) is 13.5. The summed E-state index contributed by atoms with van der Waals surface area (Å²) in [6, 6.07) is 8.28. The van der Waals surface area contributed by atoms with Crippen molar-refractivity contribution in [3.05, 3.63) is 29.8 Å². The molecule has 0 aliphatic carbocycles. The molecule has 0 bridgehead atoms. The Balaban J connectivity index is 1.81. The lowest BCUT2D eigenvalue weighted by Crippen LogP contribution is -2.37. The summed E-state index contributed by atoms with van der Waals surface area (Å²) in [4.78, 5) is 0. The molecule has 6 nitrogen and oxygen atoms in total. The van der Waals surface area contributed by atoms with E-state index in [-0.39, 0.29) is 0 Å². The zero-order valence-corrected chi connectivity index (χ0v) is 11.3. The molecule has 1 heterocycles. The van der Waals surface area contributed by atoms with Crippen molar-refractivity contribution < 1.29 is 0 Å². The number of nitrogens with zero attached hydrogens (tertiary/aromatic N) is 2. The minimum atomic E-state index is 0.784. The molecule has 0 saturated carbocycles. The Hall–Kier alpha value is -1.79. The smallest absolute Gasteiger partial charge is 0.172 e. The monoisotopic (exact) mass is 262 g/mol. The number of hydrazone groups is 1. The second-order valence-electron chi connectivity index (χ2n) is 4.57. The van der Waals surface area contributed by atoms with E-state index in [9.17, 15) is 0 Å². The predicted octanol–water partition coefficient (Wildman–Crippen LogP) is 0.844. The van der Waals surface area contributed by atoms with Gasteiger partial charge in [-0.25, -0.2) is 5.53 Å². The Morgan fingerprint density at radius 3 is 2.63 bits per heavy atom. The lowest BCUT2D eigenvalue weighted by atomic mass is 10.2. The summed E-state index contributed by atoms with van der Waals surface area (Å²) in [5.74, 6) is 0.884. The second-order valence-corrected chi connectivity index (χ2v) is 4.57. The molecule has 6 heteroatoms. The van der Waals surface area contributed by atoms with Crippen LogP contribution in [0.5, 0.6) is 0 Å². The lowest BCUT2D eigenvalue weighted by Gasteiger charge is -2.12. The van der Waals surface area contributed by atoms with E-state index < -0.39 is 0 Å². The van der Waals surface area contributed by atoms with Gasteiger partial charge in [-0.1, -0.05) is 6.42 Å². The van der Waals surface area contributed by atoms with Crippen LogP contribution in [-0.2, 0) is 0 Å². The van der Waals surface area contributed by atoms with Crippen LogP contribution in [0.15, 0.2) is 29.4 Å². The molecule has 104 valence electrons. The van der Waals surface area contributed by atoms with E-state index in [2.05, 4.69) is 45.8 Å². The third kappa shape index (κ3) is 3.84. The maximum absolute atomic E-state index is 5.46. The van der Waals surface area contributed by atoms with Crippen molar-refractivity contribution >= 4 is 11.5 Å². The van der Waals surface area contributed by atoms with Crippen LogP contribution in [0, 0.1) is 0 Å². The van der Waals surface area contributed by atoms with Crippen molar-refractivity contribution in [2.24, 2.45) is 10.8 Å². The van der Waals surface area contributed by atoms with Crippen LogP contribution in [-0.4, -0.2) is 31.0 Å². The van der Waals surface area contributed by atoms with Gasteiger partial charge in [0.15, 0.2) is 5.84 Å². The number of hydrogen-bond donors (Lipinski definition) is 4. The van der Waals surface area contributed by atoms with Gasteiger partial charge in [0, 0.05) is 24.8 Å². The largest absolute Gasteiger partial charge is 0.385 e. The van der Waals surface area contributed by atoms with Crippen molar-refractivity contribution in [2.75, 3.05) is 25.5 Å². The highest BCUT2D eigenvalue weighted by atomic mass is 15.8. The average molecular weight is 262 g/mol. The van der Waals surface area contributed by atoms with Crippen LogP contribution in [0.25, 0.3) is 0 Å². The topological polar surface area (TPSA) is 77.7 Å². The molecule has 0 fully saturated rings. The first kappa shape index (κ1) is 13.6. The van der Waals surface area contributed by atoms with Gasteiger partial charge in [-0.3, -0.25) is 5.01 Å². The van der Waals surface area contributed by atoms with Gasteiger partial charge < -0.3 is 11.1 Å². The lowest BCUT2D eigenvalue weighted by molar-refractivity contribution is 0.349. The van der Waals surface area contributed by atoms with E-state index in [1.165, 1.54) is 6.42 Å². The van der Waals surface area contributed by atoms with Crippen LogP contribution in [0.3, 0.4) is 0 Å². The molecule has 0 radical (unpaired) electrons. The van der Waals surface area contributed by atoms with Gasteiger partial charge in [0.1, 0.15) is 0 Å². The number of amidine groups is 1. The average Bonchev–Trinajstić information content (AvgIpc) is 2.86. The maximum Gasteiger partial charge on any atom is 0.172 e. The third-order valence-corrected chi connectivity index (χ3v) is 3.05. The van der Waals surface area contributed by atoms with Crippen LogP contribution in [0.1, 0.15) is 24.8 Å². The van der Waals surface area contributed by atoms with Gasteiger partial charge in [-0.15, -0.1) is 10.6 Å². The van der Waals surface area contributed by atoms with Crippen LogP contribution >= 0.6 is 0 Å². The van der Waals surface area contributed by atoms with Crippen LogP contribution < -0.4 is 22.1 Å². The quantitative estimate of drug-likeness (QED) is 0.548. The molecular weight excluding hydrogens is 240 g/mol. The molecule has 0 amide bonds. The van der Waals surface area contributed by atoms with Crippen molar-refractivity contribution in [1.29, 1.82) is 0 Å². The van der Waals surface area contributed by atoms with Gasteiger partial charge in [0.2, 0.25) is 0 Å². The van der Waals surface area contributed by atoms with Crippen molar-refractivity contribution in [1.82, 2.24) is 16.1 Å². The maximum atomic E-state index is 5.46. The minimum Gasteiger partial charge on any atom is -0.385 e. The van der Waals surface area contributed by atoms with Gasteiger partial charge in [0.05, 0.1) is 0 Å². The fourth-order valence-corrected chi connectivity index (χ4v) is 1.96. The molecular formula is C13H22N6. The number of hydrazine groups is 2. The predicted molar refractivity (Wildman–Crippen MR) is 78.4 cm³/mol. The third-order valence-electron chi connectivity index (χ3n) is 3.05. The van der Waals surface area contributed by atoms with Gasteiger partial charge in [-0.2, -0.15) is 0 Å². The number of nitrogens with two attached hydrogens (primary N) is 1. The minimum absolute atomic E-state index is 0.784. The Kier molecular flexibility index (Phi) is 5.00. The molecule has 19 heavy (non-hydrogen) atoms. The van der Waals surface area contributed by atoms with E-state index in [0.717, 1.165) is 43.0 Å². The molecule has 0 atom stereocenters. The number of nitrogens with one attached hydrogen (secondary N) is 3. The summed E-state index contributed by atoms with van der Waals surface area (Å²) in [5, 5.41) is 9.41. The molecule has 0 spiro atoms. The highest BCUT2D eigenvalue weighted by molar-refractivity contribution is 5.99. The van der Waals surface area contributed by atoms with E-state index in [1.54, 1.807) is 0 Å². The van der Waals surface area contributed by atoms with E-state index >= 15 is 0 Å². The Morgan fingerprint density at radius 2 is 2.00 bits per heavy atom. The Morgan fingerprint density at radius 1 is 1.21 bits per heavy atom. The number of unbranched alkanes of at least 4 members (excludes halogenated alkanes) is 2. The van der Waals surface area contributed by atoms with E-state index in [1.807, 2.05) is 12.1 Å². The number of anilines is 1. The first-order chi connectivity index (χ1) is 9.31. The summed E-state index contributed by atoms with van der Waals surface area (Å²) in [6.45, 7) is 1.77. The van der Waals surface area contributed by atoms with E-state index in [0.29, 0.717) is 0 Å². The fourth-order valence-electron chi connectivity index (χ4n) is 1.96. The zero-order valence-electron chi connectivity index (χ0n) is 11.3. The summed E-state index contributed by atoms with van der Waals surface area (Å²) in [6.07, 6.45) is 3.44. The van der Waals surface area contributed by atoms with Crippen molar-refractivity contribution in [3.63, 3.8) is 0 Å². The summed E-state index contributed by atoms with van der Waals surface area (Å²) >= 11 is 0. The number of rotatable bonds is 7. The van der Waals surface area contributed by atoms with Crippen LogP contribution in [0.4, 0.5) is 5.69 Å². The highest BCUT2D eigenvalue weighted by Gasteiger charge is 2.13. The SMILES string of the molecule is CN1NNN=C1c1ccc(NCCCCCN)cc1. The highest BCUT2D eigenvalue weighted by Crippen LogP contribution is 2.12. The molecule has 0 unspecified atom stereocenters. The summed E-state index contributed by atoms with van der Waals surface area (Å²) in [7, 11) is 1.92. The normalized spacial score (nSPS) is 14.2. The molecule has 0 saturated heterocycles. The Labute approximate surface area is 114 Å². The molecule has 1 aromatic rings. The number of hydrogen-bond acceptors (Lipinski definition) is 6. The molecule has 1 aromatic carbocycles. The van der Waals surface area contributed by atoms with E-state index in [4.69, 9.17) is 5.73 Å². The van der Waals surface area contributed by atoms with Gasteiger partial charge in [0.25, 0.3) is 0 Å². The molecule has 1 aliphatic heterocycles. The van der Waals surface area contributed by atoms with Crippen molar-refractivity contribution in [3.8, 4) is 0 Å². The molecule has 0 aromatic heterocycles. The first-order valence-electron chi connectivity index (χ1n) is 6.67. The summed E-state index contributed by atoms with van der Waals surface area (Å²) < 4.78 is 0. The summed E-state index contributed by atoms with van der Waals surface area (Å²) in [5.41, 5.74) is 13.3. The van der Waals surface area contributed by atoms with Crippen LogP contribution in [0.2, 0.25) is 0 Å². The Bertz CT molecular complexity index is 414. The second kappa shape index (κ2) is 6.96. The van der Waals surface area contributed by atoms with Crippen molar-refractivity contribution in [2.45, 2.75) is 19.3 Å².